The molecule has 36 heavy (non-hydrogen) atoms. The zero-order chi connectivity index (χ0) is 26.0. The fraction of sp³-hybridized carbons (Fsp3) is 0.208. The molecule has 0 spiro atoms. The summed E-state index contributed by atoms with van der Waals surface area (Å²) in [4.78, 5) is 58.0. The second kappa shape index (κ2) is 10.4. The third-order valence-corrected chi connectivity index (χ3v) is 6.98. The van der Waals surface area contributed by atoms with E-state index in [1.165, 1.54) is 0 Å². The molecule has 2 amide bonds. The fourth-order valence-corrected chi connectivity index (χ4v) is 4.74. The number of hydrogen-bond donors (Lipinski definition) is 5. The van der Waals surface area contributed by atoms with Gasteiger partial charge in [-0.25, -0.2) is 9.79 Å². The van der Waals surface area contributed by atoms with Crippen molar-refractivity contribution in [3.63, 3.8) is 0 Å². The van der Waals surface area contributed by atoms with Crippen LogP contribution in [-0.2, 0) is 9.59 Å². The highest BCUT2D eigenvalue weighted by Gasteiger charge is 2.33. The van der Waals surface area contributed by atoms with E-state index in [0.29, 0.717) is 16.3 Å². The van der Waals surface area contributed by atoms with Crippen LogP contribution in [0.4, 0.5) is 5.69 Å². The molecule has 0 saturated carbocycles. The van der Waals surface area contributed by atoms with Gasteiger partial charge >= 0.3 is 5.69 Å². The van der Waals surface area contributed by atoms with Crippen LogP contribution in [0, 0.1) is 13.8 Å². The van der Waals surface area contributed by atoms with Gasteiger partial charge in [-0.15, -0.1) is 0 Å². The molecular formula is C24H22ClN5O5S. The maximum Gasteiger partial charge on any atom is 0.328 e. The molecule has 4 rings (SSSR count). The molecule has 12 heteroatoms. The number of thioether (sulfide) groups is 1. The Balaban J connectivity index is 1.58. The molecule has 2 heterocycles. The van der Waals surface area contributed by atoms with Gasteiger partial charge in [0.1, 0.15) is 16.9 Å². The smallest absolute Gasteiger partial charge is 0.328 e. The first-order chi connectivity index (χ1) is 17.1. The van der Waals surface area contributed by atoms with Crippen molar-refractivity contribution in [3.05, 3.63) is 90.6 Å². The van der Waals surface area contributed by atoms with Crippen molar-refractivity contribution in [2.24, 2.45) is 4.99 Å². The van der Waals surface area contributed by atoms with Crippen molar-refractivity contribution >= 4 is 46.0 Å². The minimum absolute atomic E-state index is 0.124. The van der Waals surface area contributed by atoms with Crippen LogP contribution in [0.15, 0.2) is 57.0 Å². The van der Waals surface area contributed by atoms with Crippen LogP contribution in [-0.4, -0.2) is 37.3 Å². The van der Waals surface area contributed by atoms with Crippen molar-refractivity contribution in [1.82, 2.24) is 15.3 Å². The van der Waals surface area contributed by atoms with Crippen molar-refractivity contribution in [1.29, 1.82) is 0 Å². The molecule has 0 radical (unpaired) electrons. The second-order valence-electron chi connectivity index (χ2n) is 8.23. The monoisotopic (exact) mass is 527 g/mol. The summed E-state index contributed by atoms with van der Waals surface area (Å²) in [6.45, 7) is 3.74. The topological polar surface area (TPSA) is 157 Å². The molecule has 186 valence electrons. The zero-order valence-corrected chi connectivity index (χ0v) is 20.8. The van der Waals surface area contributed by atoms with Crippen LogP contribution in [0.25, 0.3) is 0 Å². The summed E-state index contributed by atoms with van der Waals surface area (Å²) in [7, 11) is 0. The number of halogens is 1. The third-order valence-electron chi connectivity index (χ3n) is 5.47. The molecule has 1 aliphatic heterocycles. The van der Waals surface area contributed by atoms with E-state index in [1.54, 1.807) is 30.3 Å². The molecule has 0 unspecified atom stereocenters. The van der Waals surface area contributed by atoms with Crippen molar-refractivity contribution in [2.45, 2.75) is 31.6 Å². The number of nitrogens with one attached hydrogen (secondary N) is 4. The summed E-state index contributed by atoms with van der Waals surface area (Å²) in [6.07, 6.45) is -0.124. The number of carbonyl (C=O) groups excluding carboxylic acids is 2. The number of nitrogens with zero attached hydrogens (tertiary/aromatic N) is 1. The Morgan fingerprint density at radius 1 is 1.14 bits per heavy atom. The predicted molar refractivity (Wildman–Crippen MR) is 139 cm³/mol. The SMILES string of the molecule is Cc1ccc([C@H](N=C2NC(=O)[C@H](CC(=O)Nc3ccc(C)c(Cl)c3)S2)c2c(O)[nH]c(=O)[nH]c2=O)cc1. The first kappa shape index (κ1) is 25.3. The highest BCUT2D eigenvalue weighted by Crippen LogP contribution is 2.32. The van der Waals surface area contributed by atoms with Gasteiger partial charge in [0.15, 0.2) is 5.17 Å². The molecule has 5 N–H and O–H groups in total. The second-order valence-corrected chi connectivity index (χ2v) is 9.83. The standard InChI is InChI=1S/C24H22ClN5O5S/c1-11-3-6-13(7-4-11)19(18-21(33)28-23(35)29-22(18)34)27-24-30-20(32)16(36-24)10-17(31)26-14-8-5-12(2)15(25)9-14/h3-9,16,19H,10H2,1-2H3,(H,26,31)(H,27,30,32)(H3,28,29,33,34,35)/t16-,19-/m0/s1. The van der Waals surface area contributed by atoms with E-state index in [2.05, 4.69) is 25.6 Å². The summed E-state index contributed by atoms with van der Waals surface area (Å²) in [5, 5.41) is 15.6. The number of aromatic nitrogens is 2. The Morgan fingerprint density at radius 3 is 2.53 bits per heavy atom. The molecule has 1 aromatic heterocycles. The number of amides is 2. The number of aromatic hydroxyl groups is 1. The molecule has 0 aliphatic carbocycles. The number of anilines is 1. The average molecular weight is 528 g/mol. The van der Waals surface area contributed by atoms with Crippen LogP contribution in [0.1, 0.15) is 34.7 Å². The molecule has 1 fully saturated rings. The largest absolute Gasteiger partial charge is 0.494 e. The van der Waals surface area contributed by atoms with Crippen LogP contribution >= 0.6 is 23.4 Å². The van der Waals surface area contributed by atoms with Gasteiger partial charge in [-0.3, -0.25) is 24.4 Å². The van der Waals surface area contributed by atoms with Crippen LogP contribution in [0.3, 0.4) is 0 Å². The van der Waals surface area contributed by atoms with Gasteiger partial charge in [0.2, 0.25) is 17.7 Å². The first-order valence-electron chi connectivity index (χ1n) is 10.8. The van der Waals surface area contributed by atoms with Gasteiger partial charge in [0.05, 0.1) is 0 Å². The molecular weight excluding hydrogens is 506 g/mol. The van der Waals surface area contributed by atoms with Gasteiger partial charge in [0, 0.05) is 17.1 Å². The van der Waals surface area contributed by atoms with E-state index in [9.17, 15) is 24.3 Å². The average Bonchev–Trinajstić information content (AvgIpc) is 3.14. The Kier molecular flexibility index (Phi) is 7.32. The van der Waals surface area contributed by atoms with Gasteiger partial charge in [-0.1, -0.05) is 59.3 Å². The molecule has 3 aromatic rings. The van der Waals surface area contributed by atoms with E-state index < -0.39 is 34.3 Å². The van der Waals surface area contributed by atoms with Crippen molar-refractivity contribution in [2.75, 3.05) is 5.32 Å². The fourth-order valence-electron chi connectivity index (χ4n) is 3.56. The number of aromatic amines is 2. The number of H-pyrrole nitrogens is 2. The van der Waals surface area contributed by atoms with Gasteiger partial charge in [0.25, 0.3) is 5.56 Å². The Bertz CT molecular complexity index is 1480. The van der Waals surface area contributed by atoms with E-state index in [-0.39, 0.29) is 23.1 Å². The summed E-state index contributed by atoms with van der Waals surface area (Å²) in [5.74, 6) is -1.42. The quantitative estimate of drug-likeness (QED) is 0.332. The number of aliphatic imine (C=N–C) groups is 1. The number of aryl methyl sites for hydroxylation is 2. The summed E-state index contributed by atoms with van der Waals surface area (Å²) in [5.41, 5.74) is 1.05. The lowest BCUT2D eigenvalue weighted by Crippen LogP contribution is -2.29. The van der Waals surface area contributed by atoms with E-state index >= 15 is 0 Å². The van der Waals surface area contributed by atoms with Crippen LogP contribution in [0.2, 0.25) is 5.02 Å². The molecule has 0 bridgehead atoms. The number of amidine groups is 1. The number of carbonyl (C=O) groups is 2. The molecule has 2 aromatic carbocycles. The lowest BCUT2D eigenvalue weighted by atomic mass is 10.00. The van der Waals surface area contributed by atoms with E-state index in [0.717, 1.165) is 22.9 Å². The summed E-state index contributed by atoms with van der Waals surface area (Å²) in [6, 6.07) is 11.2. The molecule has 1 aliphatic rings. The van der Waals surface area contributed by atoms with Gasteiger partial charge < -0.3 is 15.7 Å². The van der Waals surface area contributed by atoms with Crippen molar-refractivity contribution in [3.8, 4) is 5.88 Å². The highest BCUT2D eigenvalue weighted by atomic mass is 35.5. The van der Waals surface area contributed by atoms with Crippen LogP contribution < -0.4 is 21.9 Å². The Hall–Kier alpha value is -3.83. The number of hydrogen-bond acceptors (Lipinski definition) is 7. The van der Waals surface area contributed by atoms with E-state index in [1.807, 2.05) is 26.0 Å². The number of rotatable bonds is 6. The van der Waals surface area contributed by atoms with E-state index in [4.69, 9.17) is 11.6 Å². The number of benzene rings is 2. The maximum absolute atomic E-state index is 12.6. The Labute approximate surface area is 214 Å². The first-order valence-corrected chi connectivity index (χ1v) is 12.1. The minimum Gasteiger partial charge on any atom is -0.494 e. The normalized spacial score (nSPS) is 17.1. The minimum atomic E-state index is -1.03. The summed E-state index contributed by atoms with van der Waals surface area (Å²) >= 11 is 7.14. The predicted octanol–water partition coefficient (Wildman–Crippen LogP) is 2.74. The molecule has 2 atom stereocenters. The highest BCUT2D eigenvalue weighted by molar-refractivity contribution is 8.15. The lowest BCUT2D eigenvalue weighted by Gasteiger charge is -2.15. The van der Waals surface area contributed by atoms with Crippen molar-refractivity contribution < 1.29 is 14.7 Å². The Morgan fingerprint density at radius 2 is 1.86 bits per heavy atom. The maximum atomic E-state index is 12.6. The molecule has 1 saturated heterocycles. The zero-order valence-electron chi connectivity index (χ0n) is 19.2. The lowest BCUT2D eigenvalue weighted by molar-refractivity contribution is -0.122. The summed E-state index contributed by atoms with van der Waals surface area (Å²) < 4.78 is 0. The van der Waals surface area contributed by atoms with Crippen LogP contribution in [0.5, 0.6) is 5.88 Å². The third kappa shape index (κ3) is 5.69. The van der Waals surface area contributed by atoms with Gasteiger partial charge in [-0.05, 0) is 37.1 Å². The molecule has 10 nitrogen and oxygen atoms in total. The van der Waals surface area contributed by atoms with Gasteiger partial charge in [-0.2, -0.15) is 0 Å².